The Labute approximate surface area is 103 Å². The first-order valence-corrected chi connectivity index (χ1v) is 5.61. The first-order chi connectivity index (χ1) is 8.06. The van der Waals surface area contributed by atoms with Crippen LogP contribution in [0.5, 0.6) is 11.5 Å². The Morgan fingerprint density at radius 1 is 1.24 bits per heavy atom. The lowest BCUT2D eigenvalue weighted by molar-refractivity contribution is 0.172. The van der Waals surface area contributed by atoms with Crippen LogP contribution >= 0.6 is 0 Å². The Morgan fingerprint density at radius 3 is 2.29 bits per heavy atom. The zero-order valence-corrected chi connectivity index (χ0v) is 11.1. The average molecular weight is 239 g/mol. The molecule has 1 atom stereocenters. The normalized spacial score (nSPS) is 12.4. The molecule has 96 valence electrons. The van der Waals surface area contributed by atoms with Crippen molar-refractivity contribution in [1.29, 1.82) is 0 Å². The summed E-state index contributed by atoms with van der Waals surface area (Å²) in [5.41, 5.74) is 2.86. The minimum absolute atomic E-state index is 0.474. The molecule has 0 fully saturated rings. The predicted molar refractivity (Wildman–Crippen MR) is 67.9 cm³/mol. The number of likely N-dealkylation sites (N-methyl/N-ethyl adjacent to an activating group) is 1. The molecule has 0 aromatic heterocycles. The molecular formula is C13H21NO3. The van der Waals surface area contributed by atoms with Crippen molar-refractivity contribution in [2.45, 2.75) is 20.0 Å². The van der Waals surface area contributed by atoms with Crippen LogP contribution in [0.15, 0.2) is 6.07 Å². The summed E-state index contributed by atoms with van der Waals surface area (Å²) in [5.74, 6) is 1.30. The van der Waals surface area contributed by atoms with Crippen molar-refractivity contribution in [2.75, 3.05) is 27.8 Å². The molecule has 0 heterocycles. The molecule has 0 radical (unpaired) electrons. The van der Waals surface area contributed by atoms with E-state index < -0.39 is 6.10 Å². The highest BCUT2D eigenvalue weighted by atomic mass is 16.5. The lowest BCUT2D eigenvalue weighted by Crippen LogP contribution is -2.18. The molecule has 2 N–H and O–H groups in total. The fourth-order valence-corrected chi connectivity index (χ4v) is 1.89. The first-order valence-electron chi connectivity index (χ1n) is 5.61. The molecule has 4 heteroatoms. The number of rotatable bonds is 5. The summed E-state index contributed by atoms with van der Waals surface area (Å²) in [6.07, 6.45) is -0.608. The summed E-state index contributed by atoms with van der Waals surface area (Å²) in [6, 6.07) is 1.94. The standard InChI is InChI=1S/C13H21NO3/c1-8-6-10(11(15)7-14-3)13(17-5)12(16-4)9(8)2/h6,11,14-15H,7H2,1-5H3. The summed E-state index contributed by atoms with van der Waals surface area (Å²) < 4.78 is 10.7. The van der Waals surface area contributed by atoms with Gasteiger partial charge in [-0.1, -0.05) is 0 Å². The van der Waals surface area contributed by atoms with Crippen LogP contribution in [0.1, 0.15) is 22.8 Å². The summed E-state index contributed by atoms with van der Waals surface area (Å²) in [7, 11) is 4.99. The molecule has 17 heavy (non-hydrogen) atoms. The van der Waals surface area contributed by atoms with E-state index >= 15 is 0 Å². The van der Waals surface area contributed by atoms with Crippen molar-refractivity contribution in [2.24, 2.45) is 0 Å². The number of aryl methyl sites for hydroxylation is 1. The number of aliphatic hydroxyl groups is 1. The highest BCUT2D eigenvalue weighted by Crippen LogP contribution is 2.39. The third-order valence-corrected chi connectivity index (χ3v) is 2.94. The SMILES string of the molecule is CNCC(O)c1cc(C)c(C)c(OC)c1OC. The van der Waals surface area contributed by atoms with E-state index in [1.54, 1.807) is 21.3 Å². The third-order valence-electron chi connectivity index (χ3n) is 2.94. The van der Waals surface area contributed by atoms with E-state index in [1.807, 2.05) is 19.9 Å². The van der Waals surface area contributed by atoms with Crippen LogP contribution < -0.4 is 14.8 Å². The highest BCUT2D eigenvalue weighted by Gasteiger charge is 2.20. The van der Waals surface area contributed by atoms with Gasteiger partial charge in [-0.2, -0.15) is 0 Å². The van der Waals surface area contributed by atoms with Crippen molar-refractivity contribution in [3.8, 4) is 11.5 Å². The number of nitrogens with one attached hydrogen (secondary N) is 1. The monoisotopic (exact) mass is 239 g/mol. The zero-order chi connectivity index (χ0) is 13.0. The molecule has 0 bridgehead atoms. The van der Waals surface area contributed by atoms with E-state index in [2.05, 4.69) is 5.32 Å². The van der Waals surface area contributed by atoms with Gasteiger partial charge in [0, 0.05) is 12.1 Å². The quantitative estimate of drug-likeness (QED) is 0.819. The van der Waals surface area contributed by atoms with Gasteiger partial charge < -0.3 is 19.9 Å². The van der Waals surface area contributed by atoms with Gasteiger partial charge in [0.1, 0.15) is 0 Å². The second-order valence-electron chi connectivity index (χ2n) is 4.05. The molecule has 0 amide bonds. The molecule has 0 aliphatic rings. The van der Waals surface area contributed by atoms with Gasteiger partial charge in [0.2, 0.25) is 0 Å². The summed E-state index contributed by atoms with van der Waals surface area (Å²) >= 11 is 0. The summed E-state index contributed by atoms with van der Waals surface area (Å²) in [6.45, 7) is 4.44. The molecule has 1 aromatic carbocycles. The van der Waals surface area contributed by atoms with Gasteiger partial charge >= 0.3 is 0 Å². The lowest BCUT2D eigenvalue weighted by Gasteiger charge is -2.20. The lowest BCUT2D eigenvalue weighted by atomic mass is 9.99. The summed E-state index contributed by atoms with van der Waals surface area (Å²) in [4.78, 5) is 0. The molecular weight excluding hydrogens is 218 g/mol. The van der Waals surface area contributed by atoms with Crippen LogP contribution in [-0.4, -0.2) is 32.9 Å². The van der Waals surface area contributed by atoms with Crippen LogP contribution in [0.3, 0.4) is 0 Å². The third kappa shape index (κ3) is 2.70. The Bertz CT molecular complexity index is 391. The fourth-order valence-electron chi connectivity index (χ4n) is 1.89. The van der Waals surface area contributed by atoms with E-state index in [1.165, 1.54) is 0 Å². The maximum absolute atomic E-state index is 10.1. The van der Waals surface area contributed by atoms with Gasteiger partial charge in [-0.15, -0.1) is 0 Å². The fraction of sp³-hybridized carbons (Fsp3) is 0.538. The van der Waals surface area contributed by atoms with Gasteiger partial charge in [-0.05, 0) is 38.1 Å². The van der Waals surface area contributed by atoms with Crippen LogP contribution in [0.25, 0.3) is 0 Å². The van der Waals surface area contributed by atoms with Crippen LogP contribution in [0.2, 0.25) is 0 Å². The second kappa shape index (κ2) is 5.89. The van der Waals surface area contributed by atoms with E-state index in [0.29, 0.717) is 18.0 Å². The molecule has 1 aromatic rings. The Morgan fingerprint density at radius 2 is 1.82 bits per heavy atom. The number of benzene rings is 1. The maximum atomic E-state index is 10.1. The Hall–Kier alpha value is -1.26. The van der Waals surface area contributed by atoms with Crippen LogP contribution in [-0.2, 0) is 0 Å². The summed E-state index contributed by atoms with van der Waals surface area (Å²) in [5, 5.41) is 13.0. The first kappa shape index (κ1) is 13.8. The van der Waals surface area contributed by atoms with Crippen molar-refractivity contribution in [3.63, 3.8) is 0 Å². The number of hydrogen-bond donors (Lipinski definition) is 2. The molecule has 4 nitrogen and oxygen atoms in total. The van der Waals surface area contributed by atoms with E-state index in [4.69, 9.17) is 9.47 Å². The molecule has 1 unspecified atom stereocenters. The molecule has 0 spiro atoms. The number of aliphatic hydroxyl groups excluding tert-OH is 1. The molecule has 0 aliphatic heterocycles. The molecule has 0 aliphatic carbocycles. The molecule has 0 saturated carbocycles. The van der Waals surface area contributed by atoms with Gasteiger partial charge in [-0.25, -0.2) is 0 Å². The minimum Gasteiger partial charge on any atom is -0.493 e. The van der Waals surface area contributed by atoms with E-state index in [9.17, 15) is 5.11 Å². The highest BCUT2D eigenvalue weighted by molar-refractivity contribution is 5.55. The largest absolute Gasteiger partial charge is 0.493 e. The van der Waals surface area contributed by atoms with Gasteiger partial charge in [0.15, 0.2) is 11.5 Å². The van der Waals surface area contributed by atoms with Crippen molar-refractivity contribution in [3.05, 3.63) is 22.8 Å². The average Bonchev–Trinajstić information content (AvgIpc) is 2.32. The predicted octanol–water partition coefficient (Wildman–Crippen LogP) is 1.57. The van der Waals surface area contributed by atoms with Crippen LogP contribution in [0, 0.1) is 13.8 Å². The molecule has 0 saturated heterocycles. The van der Waals surface area contributed by atoms with Gasteiger partial charge in [0.05, 0.1) is 20.3 Å². The second-order valence-corrected chi connectivity index (χ2v) is 4.05. The number of hydrogen-bond acceptors (Lipinski definition) is 4. The van der Waals surface area contributed by atoms with Crippen molar-refractivity contribution < 1.29 is 14.6 Å². The van der Waals surface area contributed by atoms with Gasteiger partial charge in [0.25, 0.3) is 0 Å². The topological polar surface area (TPSA) is 50.7 Å². The number of methoxy groups -OCH3 is 2. The smallest absolute Gasteiger partial charge is 0.166 e. The van der Waals surface area contributed by atoms with Crippen LogP contribution in [0.4, 0.5) is 0 Å². The van der Waals surface area contributed by atoms with Crippen molar-refractivity contribution >= 4 is 0 Å². The van der Waals surface area contributed by atoms with E-state index in [-0.39, 0.29) is 0 Å². The van der Waals surface area contributed by atoms with Crippen molar-refractivity contribution in [1.82, 2.24) is 5.32 Å². The Kier molecular flexibility index (Phi) is 4.78. The number of ether oxygens (including phenoxy) is 2. The maximum Gasteiger partial charge on any atom is 0.166 e. The molecule has 1 rings (SSSR count). The Balaban J connectivity index is 3.33. The zero-order valence-electron chi connectivity index (χ0n) is 11.1. The minimum atomic E-state index is -0.608. The van der Waals surface area contributed by atoms with Gasteiger partial charge in [-0.3, -0.25) is 0 Å². The van der Waals surface area contributed by atoms with E-state index in [0.717, 1.165) is 16.7 Å².